The van der Waals surface area contributed by atoms with Gasteiger partial charge in [0.2, 0.25) is 0 Å². The number of hydrogen-bond donors (Lipinski definition) is 1. The van der Waals surface area contributed by atoms with Gasteiger partial charge in [0.05, 0.1) is 12.7 Å². The molecule has 0 aliphatic carbocycles. The number of nitrogens with zero attached hydrogens (tertiary/aromatic N) is 1. The van der Waals surface area contributed by atoms with E-state index in [4.69, 9.17) is 15.0 Å². The molecule has 0 aliphatic heterocycles. The van der Waals surface area contributed by atoms with Crippen molar-refractivity contribution in [1.29, 1.82) is 0 Å². The largest absolute Gasteiger partial charge is 0.496 e. The highest BCUT2D eigenvalue weighted by Gasteiger charge is 2.21. The van der Waals surface area contributed by atoms with Gasteiger partial charge >= 0.3 is 0 Å². The van der Waals surface area contributed by atoms with Crippen LogP contribution in [0.15, 0.2) is 21.1 Å². The minimum absolute atomic E-state index is 0.339. The van der Waals surface area contributed by atoms with Crippen LogP contribution < -0.4 is 10.5 Å². The molecule has 0 aliphatic rings. The van der Waals surface area contributed by atoms with Crippen molar-refractivity contribution in [3.63, 3.8) is 0 Å². The van der Waals surface area contributed by atoms with Gasteiger partial charge in [0.15, 0.2) is 11.6 Å². The molecule has 102 valence electrons. The number of aromatic nitrogens is 1. The Morgan fingerprint density at radius 2 is 2.05 bits per heavy atom. The Morgan fingerprint density at radius 3 is 2.53 bits per heavy atom. The highest BCUT2D eigenvalue weighted by molar-refractivity contribution is 9.10. The highest BCUT2D eigenvalue weighted by atomic mass is 79.9. The summed E-state index contributed by atoms with van der Waals surface area (Å²) >= 11 is 3.58. The number of halogens is 1. The third-order valence-corrected chi connectivity index (χ3v) is 3.93. The van der Waals surface area contributed by atoms with E-state index < -0.39 is 0 Å². The molecule has 0 radical (unpaired) electrons. The topological polar surface area (TPSA) is 61.3 Å². The first-order valence-corrected chi connectivity index (χ1v) is 6.84. The van der Waals surface area contributed by atoms with Crippen molar-refractivity contribution in [3.8, 4) is 17.1 Å². The summed E-state index contributed by atoms with van der Waals surface area (Å²) in [4.78, 5) is 0. The molecule has 5 heteroatoms. The lowest BCUT2D eigenvalue weighted by atomic mass is 9.95. The molecule has 2 N–H and O–H groups in total. The highest BCUT2D eigenvalue weighted by Crippen LogP contribution is 2.42. The molecule has 0 fully saturated rings. The van der Waals surface area contributed by atoms with Crippen molar-refractivity contribution in [2.24, 2.45) is 0 Å². The Hall–Kier alpha value is -1.49. The number of ether oxygens (including phenoxy) is 1. The Balaban J connectivity index is 2.77. The smallest absolute Gasteiger partial charge is 0.173 e. The van der Waals surface area contributed by atoms with E-state index in [1.165, 1.54) is 0 Å². The van der Waals surface area contributed by atoms with Crippen LogP contribution in [0.25, 0.3) is 11.3 Å². The van der Waals surface area contributed by atoms with Gasteiger partial charge in [-0.1, -0.05) is 34.9 Å². The van der Waals surface area contributed by atoms with E-state index in [2.05, 4.69) is 41.0 Å². The van der Waals surface area contributed by atoms with E-state index in [9.17, 15) is 0 Å². The lowest BCUT2D eigenvalue weighted by Crippen LogP contribution is -1.99. The van der Waals surface area contributed by atoms with Crippen molar-refractivity contribution in [1.82, 2.24) is 5.16 Å². The lowest BCUT2D eigenvalue weighted by molar-refractivity contribution is 0.400. The molecule has 1 aromatic carbocycles. The van der Waals surface area contributed by atoms with Crippen LogP contribution in [0.4, 0.5) is 5.82 Å². The zero-order valence-electron chi connectivity index (χ0n) is 11.5. The van der Waals surface area contributed by atoms with Crippen LogP contribution in [0, 0.1) is 6.92 Å². The normalized spacial score (nSPS) is 11.1. The lowest BCUT2D eigenvalue weighted by Gasteiger charge is -2.18. The summed E-state index contributed by atoms with van der Waals surface area (Å²) in [5, 5.41) is 3.75. The maximum Gasteiger partial charge on any atom is 0.173 e. The van der Waals surface area contributed by atoms with Crippen LogP contribution in [0.3, 0.4) is 0 Å². The van der Waals surface area contributed by atoms with Crippen molar-refractivity contribution in [3.05, 3.63) is 27.7 Å². The first-order chi connectivity index (χ1) is 8.95. The molecular weight excluding hydrogens is 308 g/mol. The molecule has 1 heterocycles. The van der Waals surface area contributed by atoms with Crippen molar-refractivity contribution < 1.29 is 9.26 Å². The average Bonchev–Trinajstić information content (AvgIpc) is 2.77. The van der Waals surface area contributed by atoms with Gasteiger partial charge in [-0.2, -0.15) is 0 Å². The minimum Gasteiger partial charge on any atom is -0.496 e. The van der Waals surface area contributed by atoms with Crippen LogP contribution in [-0.2, 0) is 0 Å². The van der Waals surface area contributed by atoms with Crippen molar-refractivity contribution in [2.75, 3.05) is 12.8 Å². The predicted octanol–water partition coefficient (Wildman–Crippen LogP) is 4.13. The summed E-state index contributed by atoms with van der Waals surface area (Å²) < 4.78 is 11.9. The molecule has 0 atom stereocenters. The first kappa shape index (κ1) is 13.9. The van der Waals surface area contributed by atoms with Gasteiger partial charge in [-0.15, -0.1) is 0 Å². The third kappa shape index (κ3) is 2.47. The Morgan fingerprint density at radius 1 is 1.37 bits per heavy atom. The van der Waals surface area contributed by atoms with Gasteiger partial charge in [0.1, 0.15) is 5.75 Å². The zero-order valence-corrected chi connectivity index (χ0v) is 13.0. The Bertz CT molecular complexity index is 606. The number of methoxy groups -OCH3 is 1. The molecule has 1 aromatic heterocycles. The zero-order chi connectivity index (χ0) is 14.2. The van der Waals surface area contributed by atoms with E-state index >= 15 is 0 Å². The number of nitrogen functional groups attached to an aromatic ring is 1. The van der Waals surface area contributed by atoms with Crippen LogP contribution in [-0.4, -0.2) is 12.3 Å². The third-order valence-electron chi connectivity index (χ3n) is 3.11. The second-order valence-electron chi connectivity index (χ2n) is 4.75. The Kier molecular flexibility index (Phi) is 3.85. The van der Waals surface area contributed by atoms with Crippen LogP contribution in [0.5, 0.6) is 5.75 Å². The summed E-state index contributed by atoms with van der Waals surface area (Å²) in [6.45, 7) is 6.25. The second-order valence-corrected chi connectivity index (χ2v) is 5.61. The maximum atomic E-state index is 5.64. The monoisotopic (exact) mass is 324 g/mol. The molecule has 0 spiro atoms. The number of nitrogens with two attached hydrogens (primary N) is 1. The molecule has 0 bridgehead atoms. The Labute approximate surface area is 121 Å². The van der Waals surface area contributed by atoms with Crippen molar-refractivity contribution >= 4 is 21.7 Å². The molecule has 2 aromatic rings. The summed E-state index contributed by atoms with van der Waals surface area (Å²) in [7, 11) is 1.66. The standard InChI is InChI=1S/C14H17BrN2O2/c1-7(2)9-5-10(15)8(3)13(14(9)18-4)11-6-12(16)17-19-11/h5-7H,1-4H3,(H2,16,17). The molecule has 19 heavy (non-hydrogen) atoms. The fraction of sp³-hybridized carbons (Fsp3) is 0.357. The van der Waals surface area contributed by atoms with Crippen molar-refractivity contribution in [2.45, 2.75) is 26.7 Å². The van der Waals surface area contributed by atoms with Gasteiger partial charge in [0.25, 0.3) is 0 Å². The SMILES string of the molecule is COc1c(C(C)C)cc(Br)c(C)c1-c1cc(N)no1. The summed E-state index contributed by atoms with van der Waals surface area (Å²) in [5.41, 5.74) is 8.68. The van der Waals surface area contributed by atoms with Crippen LogP contribution >= 0.6 is 15.9 Å². The summed E-state index contributed by atoms with van der Waals surface area (Å²) in [5.74, 6) is 2.13. The summed E-state index contributed by atoms with van der Waals surface area (Å²) in [6.07, 6.45) is 0. The second kappa shape index (κ2) is 5.25. The molecule has 4 nitrogen and oxygen atoms in total. The quantitative estimate of drug-likeness (QED) is 0.922. The van der Waals surface area contributed by atoms with Crippen LogP contribution in [0.1, 0.15) is 30.9 Å². The average molecular weight is 325 g/mol. The fourth-order valence-corrected chi connectivity index (χ4v) is 2.54. The molecule has 0 saturated carbocycles. The number of rotatable bonds is 3. The van der Waals surface area contributed by atoms with Gasteiger partial charge in [-0.25, -0.2) is 0 Å². The predicted molar refractivity (Wildman–Crippen MR) is 79.4 cm³/mol. The van der Waals surface area contributed by atoms with E-state index in [-0.39, 0.29) is 0 Å². The first-order valence-electron chi connectivity index (χ1n) is 6.05. The summed E-state index contributed by atoms with van der Waals surface area (Å²) in [6, 6.07) is 3.80. The van der Waals surface area contributed by atoms with Gasteiger partial charge in [-0.05, 0) is 30.0 Å². The van der Waals surface area contributed by atoms with Crippen LogP contribution in [0.2, 0.25) is 0 Å². The van der Waals surface area contributed by atoms with Gasteiger partial charge in [0, 0.05) is 10.5 Å². The molecule has 2 rings (SSSR count). The molecule has 0 saturated heterocycles. The van der Waals surface area contributed by atoms with E-state index in [1.807, 2.05) is 6.92 Å². The van der Waals surface area contributed by atoms with Gasteiger partial charge in [-0.3, -0.25) is 0 Å². The molecular formula is C14H17BrN2O2. The molecule has 0 amide bonds. The van der Waals surface area contributed by atoms with Gasteiger partial charge < -0.3 is 15.0 Å². The van der Waals surface area contributed by atoms with E-state index in [0.29, 0.717) is 17.5 Å². The fourth-order valence-electron chi connectivity index (χ4n) is 2.10. The number of anilines is 1. The number of hydrogen-bond acceptors (Lipinski definition) is 4. The van der Waals surface area contributed by atoms with E-state index in [0.717, 1.165) is 26.9 Å². The maximum absolute atomic E-state index is 5.64. The number of benzene rings is 1. The van der Waals surface area contributed by atoms with E-state index in [1.54, 1.807) is 13.2 Å². The minimum atomic E-state index is 0.339. The molecule has 0 unspecified atom stereocenters.